The summed E-state index contributed by atoms with van der Waals surface area (Å²) in [7, 11) is 0. The Morgan fingerprint density at radius 3 is 2.64 bits per heavy atom. The lowest BCUT2D eigenvalue weighted by molar-refractivity contribution is 0.153. The third kappa shape index (κ3) is 6.41. The minimum atomic E-state index is 0.278. The second-order valence-corrected chi connectivity index (χ2v) is 11.0. The number of fused-ring (bicyclic) bond motifs is 2. The normalized spacial score (nSPS) is 15.1. The number of hydrogen-bond donors (Lipinski definition) is 3. The monoisotopic (exact) mass is 533 g/mol. The number of H-pyrrole nitrogens is 1. The molecule has 1 aliphatic carbocycles. The molecule has 0 saturated heterocycles. The maximum atomic E-state index is 4.90. The van der Waals surface area contributed by atoms with Crippen LogP contribution in [0.15, 0.2) is 96.0 Å². The van der Waals surface area contributed by atoms with Crippen LogP contribution in [0.2, 0.25) is 0 Å². The van der Waals surface area contributed by atoms with Gasteiger partial charge < -0.3 is 10.3 Å². The van der Waals surface area contributed by atoms with E-state index in [-0.39, 0.29) is 6.04 Å². The zero-order valence-corrected chi connectivity index (χ0v) is 23.1. The molecule has 6 rings (SSSR count). The average molecular weight is 534 g/mol. The quantitative estimate of drug-likeness (QED) is 0.139. The predicted molar refractivity (Wildman–Crippen MR) is 161 cm³/mol. The second-order valence-electron chi connectivity index (χ2n) is 10.5. The number of para-hydroxylation sites is 2. The molecular weight excluding hydrogens is 498 g/mol. The molecule has 0 radical (unpaired) electrons. The third-order valence-corrected chi connectivity index (χ3v) is 7.91. The van der Waals surface area contributed by atoms with Crippen molar-refractivity contribution in [3.63, 3.8) is 0 Å². The molecule has 1 aliphatic rings. The second kappa shape index (κ2) is 12.2. The van der Waals surface area contributed by atoms with Crippen LogP contribution in [0.1, 0.15) is 52.7 Å². The van der Waals surface area contributed by atoms with Gasteiger partial charge in [0.05, 0.1) is 29.3 Å². The standard InChI is InChI=1S/C33H35N5S/c39-28-9-3-6-24(20-28)17-19-34-21-25-13-15-26(16-14-25)22-38(23-32-36-29-10-1-2-11-30(29)37-32)31-12-4-7-27-8-5-18-35-33(27)31/h1-3,5-6,8-11,13-16,18,20,31,34,39H,4,7,12,17,19,21-23H2,(H,36,37). The predicted octanol–water partition coefficient (Wildman–Crippen LogP) is 6.66. The summed E-state index contributed by atoms with van der Waals surface area (Å²) < 4.78 is 0. The minimum Gasteiger partial charge on any atom is -0.341 e. The van der Waals surface area contributed by atoms with Gasteiger partial charge in [-0.1, -0.05) is 54.6 Å². The first kappa shape index (κ1) is 25.8. The molecule has 198 valence electrons. The van der Waals surface area contributed by atoms with Crippen LogP contribution in [-0.4, -0.2) is 26.4 Å². The molecule has 0 amide bonds. The molecule has 5 nitrogen and oxygen atoms in total. The van der Waals surface area contributed by atoms with Crippen LogP contribution in [-0.2, 0) is 32.5 Å². The lowest BCUT2D eigenvalue weighted by Crippen LogP contribution is -2.31. The van der Waals surface area contributed by atoms with E-state index in [1.54, 1.807) is 0 Å². The summed E-state index contributed by atoms with van der Waals surface area (Å²) in [5, 5.41) is 3.58. The Bertz CT molecular complexity index is 1490. The van der Waals surface area contributed by atoms with Crippen molar-refractivity contribution < 1.29 is 0 Å². The summed E-state index contributed by atoms with van der Waals surface area (Å²) in [5.41, 5.74) is 8.64. The van der Waals surface area contributed by atoms with E-state index >= 15 is 0 Å². The highest BCUT2D eigenvalue weighted by Gasteiger charge is 2.28. The lowest BCUT2D eigenvalue weighted by Gasteiger charge is -2.34. The summed E-state index contributed by atoms with van der Waals surface area (Å²) in [6, 6.07) is 30.3. The maximum Gasteiger partial charge on any atom is 0.121 e. The van der Waals surface area contributed by atoms with Crippen molar-refractivity contribution in [2.24, 2.45) is 0 Å². The van der Waals surface area contributed by atoms with E-state index in [1.165, 1.54) is 34.4 Å². The Labute approximate surface area is 236 Å². The number of aromatic nitrogens is 3. The fourth-order valence-electron chi connectivity index (χ4n) is 5.66. The largest absolute Gasteiger partial charge is 0.341 e. The number of thiol groups is 1. The number of rotatable bonds is 10. The number of benzene rings is 3. The third-order valence-electron chi connectivity index (χ3n) is 7.64. The van der Waals surface area contributed by atoms with Gasteiger partial charge in [-0.3, -0.25) is 9.88 Å². The maximum absolute atomic E-state index is 4.90. The summed E-state index contributed by atoms with van der Waals surface area (Å²) in [6.07, 6.45) is 6.35. The molecule has 6 heteroatoms. The van der Waals surface area contributed by atoms with Gasteiger partial charge in [0.25, 0.3) is 0 Å². The number of pyridine rings is 1. The van der Waals surface area contributed by atoms with Crippen molar-refractivity contribution in [1.82, 2.24) is 25.2 Å². The Morgan fingerprint density at radius 2 is 1.77 bits per heavy atom. The van der Waals surface area contributed by atoms with E-state index in [0.29, 0.717) is 0 Å². The molecule has 39 heavy (non-hydrogen) atoms. The summed E-state index contributed by atoms with van der Waals surface area (Å²) >= 11 is 4.44. The molecule has 0 fully saturated rings. The van der Waals surface area contributed by atoms with E-state index in [1.807, 2.05) is 18.3 Å². The molecule has 1 atom stereocenters. The average Bonchev–Trinajstić information content (AvgIpc) is 3.38. The highest BCUT2D eigenvalue weighted by molar-refractivity contribution is 7.80. The zero-order chi connectivity index (χ0) is 26.4. The highest BCUT2D eigenvalue weighted by atomic mass is 32.1. The topological polar surface area (TPSA) is 56.8 Å². The number of nitrogens with one attached hydrogen (secondary N) is 2. The molecule has 2 aromatic heterocycles. The number of nitrogens with zero attached hydrogens (tertiary/aromatic N) is 3. The molecule has 5 aromatic rings. The van der Waals surface area contributed by atoms with Crippen molar-refractivity contribution in [2.45, 2.75) is 56.3 Å². The molecule has 1 unspecified atom stereocenters. The first-order valence-electron chi connectivity index (χ1n) is 13.9. The van der Waals surface area contributed by atoms with Gasteiger partial charge in [0, 0.05) is 24.2 Å². The molecule has 0 aliphatic heterocycles. The molecule has 0 saturated carbocycles. The van der Waals surface area contributed by atoms with E-state index in [2.05, 4.69) is 101 Å². The van der Waals surface area contributed by atoms with Crippen molar-refractivity contribution in [3.8, 4) is 0 Å². The summed E-state index contributed by atoms with van der Waals surface area (Å²) in [4.78, 5) is 16.9. The van der Waals surface area contributed by atoms with Gasteiger partial charge in [-0.15, -0.1) is 12.6 Å². The first-order valence-corrected chi connectivity index (χ1v) is 14.3. The molecule has 2 N–H and O–H groups in total. The van der Waals surface area contributed by atoms with Crippen LogP contribution in [0.5, 0.6) is 0 Å². The van der Waals surface area contributed by atoms with E-state index in [4.69, 9.17) is 9.97 Å². The highest BCUT2D eigenvalue weighted by Crippen LogP contribution is 2.34. The molecule has 0 bridgehead atoms. The van der Waals surface area contributed by atoms with E-state index < -0.39 is 0 Å². The molecule has 3 aromatic carbocycles. The zero-order valence-electron chi connectivity index (χ0n) is 22.2. The van der Waals surface area contributed by atoms with Crippen molar-refractivity contribution in [2.75, 3.05) is 6.54 Å². The van der Waals surface area contributed by atoms with Gasteiger partial charge in [-0.25, -0.2) is 4.98 Å². The number of imidazole rings is 1. The molecular formula is C33H35N5S. The summed E-state index contributed by atoms with van der Waals surface area (Å²) in [6.45, 7) is 3.42. The van der Waals surface area contributed by atoms with Gasteiger partial charge in [0.1, 0.15) is 5.82 Å². The number of hydrogen-bond acceptors (Lipinski definition) is 5. The SMILES string of the molecule is Sc1cccc(CCNCc2ccc(CN(Cc3nc4ccccc4[nH]3)C3CCCc4cccnc43)cc2)c1. The van der Waals surface area contributed by atoms with Gasteiger partial charge in [-0.2, -0.15) is 0 Å². The fraction of sp³-hybridized carbons (Fsp3) is 0.273. The van der Waals surface area contributed by atoms with Crippen LogP contribution in [0.4, 0.5) is 0 Å². The summed E-state index contributed by atoms with van der Waals surface area (Å²) in [5.74, 6) is 1.00. The van der Waals surface area contributed by atoms with Crippen LogP contribution in [0.3, 0.4) is 0 Å². The molecule has 2 heterocycles. The van der Waals surface area contributed by atoms with Gasteiger partial charge >= 0.3 is 0 Å². The van der Waals surface area contributed by atoms with Crippen molar-refractivity contribution in [1.29, 1.82) is 0 Å². The van der Waals surface area contributed by atoms with Gasteiger partial charge in [0.15, 0.2) is 0 Å². The smallest absolute Gasteiger partial charge is 0.121 e. The Hall–Kier alpha value is -3.45. The Kier molecular flexibility index (Phi) is 8.05. The lowest BCUT2D eigenvalue weighted by atomic mass is 9.90. The van der Waals surface area contributed by atoms with Crippen LogP contribution in [0, 0.1) is 0 Å². The fourth-order valence-corrected chi connectivity index (χ4v) is 5.92. The Morgan fingerprint density at radius 1 is 0.897 bits per heavy atom. The number of aryl methyl sites for hydroxylation is 1. The van der Waals surface area contributed by atoms with Gasteiger partial charge in [-0.05, 0) is 84.8 Å². The Balaban J connectivity index is 1.14. The van der Waals surface area contributed by atoms with Crippen molar-refractivity contribution in [3.05, 3.63) is 125 Å². The molecule has 0 spiro atoms. The van der Waals surface area contributed by atoms with Crippen LogP contribution >= 0.6 is 12.6 Å². The first-order chi connectivity index (χ1) is 19.2. The van der Waals surface area contributed by atoms with Crippen LogP contribution in [0.25, 0.3) is 11.0 Å². The van der Waals surface area contributed by atoms with Gasteiger partial charge in [0.2, 0.25) is 0 Å². The van der Waals surface area contributed by atoms with Crippen LogP contribution < -0.4 is 5.32 Å². The van der Waals surface area contributed by atoms with E-state index in [0.717, 1.165) is 67.2 Å². The van der Waals surface area contributed by atoms with Crippen molar-refractivity contribution >= 4 is 23.7 Å². The minimum absolute atomic E-state index is 0.278. The number of aromatic amines is 1. The van der Waals surface area contributed by atoms with E-state index in [9.17, 15) is 0 Å².